The molecule has 1 aromatic heterocycles. The van der Waals surface area contributed by atoms with Gasteiger partial charge in [0.15, 0.2) is 5.69 Å². The quantitative estimate of drug-likeness (QED) is 0.411. The zero-order valence-corrected chi connectivity index (χ0v) is 21.6. The Morgan fingerprint density at radius 2 is 1.75 bits per heavy atom. The Balaban J connectivity index is 2.02. The molecule has 1 unspecified atom stereocenters. The van der Waals surface area contributed by atoms with Crippen LogP contribution in [0.1, 0.15) is 47.3 Å². The van der Waals surface area contributed by atoms with Crippen molar-refractivity contribution >= 4 is 17.7 Å². The van der Waals surface area contributed by atoms with E-state index in [-0.39, 0.29) is 24.5 Å². The summed E-state index contributed by atoms with van der Waals surface area (Å²) < 4.78 is 6.48. The van der Waals surface area contributed by atoms with Gasteiger partial charge in [0.1, 0.15) is 5.75 Å². The first-order valence-corrected chi connectivity index (χ1v) is 11.8. The van der Waals surface area contributed by atoms with Gasteiger partial charge in [0.2, 0.25) is 0 Å². The number of rotatable bonds is 7. The Morgan fingerprint density at radius 3 is 2.42 bits per heavy atom. The van der Waals surface area contributed by atoms with Gasteiger partial charge in [-0.2, -0.15) is 0 Å². The molecule has 2 aromatic carbocycles. The summed E-state index contributed by atoms with van der Waals surface area (Å²) in [6, 6.07) is 12.0. The molecule has 0 saturated carbocycles. The van der Waals surface area contributed by atoms with E-state index in [2.05, 4.69) is 16.7 Å². The molecule has 2 amide bonds. The molecule has 8 heteroatoms. The molecule has 3 aromatic rings. The Morgan fingerprint density at radius 1 is 1.06 bits per heavy atom. The van der Waals surface area contributed by atoms with E-state index in [4.69, 9.17) is 4.74 Å². The molecule has 0 spiro atoms. The van der Waals surface area contributed by atoms with Gasteiger partial charge in [0.25, 0.3) is 5.56 Å². The molecular weight excluding hydrogens is 458 g/mol. The molecule has 36 heavy (non-hydrogen) atoms. The average Bonchev–Trinajstić information content (AvgIpc) is 2.82. The number of anilines is 1. The molecule has 0 saturated heterocycles. The van der Waals surface area contributed by atoms with Crippen molar-refractivity contribution in [3.8, 4) is 16.9 Å². The number of benzene rings is 2. The highest BCUT2D eigenvalue weighted by molar-refractivity contribution is 5.91. The molecular formula is C28H33N3O5. The Labute approximate surface area is 210 Å². The van der Waals surface area contributed by atoms with Crippen LogP contribution in [0.4, 0.5) is 10.5 Å². The zero-order chi connectivity index (χ0) is 26.6. The lowest BCUT2D eigenvalue weighted by Gasteiger charge is -2.23. The van der Waals surface area contributed by atoms with Crippen molar-refractivity contribution < 1.29 is 19.4 Å². The predicted octanol–water partition coefficient (Wildman–Crippen LogP) is 4.81. The van der Waals surface area contributed by atoms with Crippen molar-refractivity contribution in [2.45, 2.75) is 47.1 Å². The van der Waals surface area contributed by atoms with Gasteiger partial charge in [-0.3, -0.25) is 9.59 Å². The predicted molar refractivity (Wildman–Crippen MR) is 140 cm³/mol. The van der Waals surface area contributed by atoms with Crippen LogP contribution in [0.2, 0.25) is 0 Å². The second-order valence-corrected chi connectivity index (χ2v) is 8.91. The molecule has 190 valence electrons. The number of aromatic nitrogens is 1. The maximum atomic E-state index is 13.0. The van der Waals surface area contributed by atoms with E-state index in [0.717, 1.165) is 33.4 Å². The lowest BCUT2D eigenvalue weighted by atomic mass is 9.88. The van der Waals surface area contributed by atoms with E-state index >= 15 is 0 Å². The van der Waals surface area contributed by atoms with Crippen molar-refractivity contribution in [2.75, 3.05) is 11.9 Å². The van der Waals surface area contributed by atoms with E-state index in [1.165, 1.54) is 10.6 Å². The lowest BCUT2D eigenvalue weighted by Crippen LogP contribution is -2.36. The second kappa shape index (κ2) is 11.1. The van der Waals surface area contributed by atoms with Crippen LogP contribution in [0.15, 0.2) is 47.3 Å². The van der Waals surface area contributed by atoms with Gasteiger partial charge in [-0.1, -0.05) is 42.0 Å². The number of pyridine rings is 1. The molecule has 1 atom stereocenters. The summed E-state index contributed by atoms with van der Waals surface area (Å²) in [5, 5.41) is 15.5. The molecule has 0 fully saturated rings. The third kappa shape index (κ3) is 5.76. The number of ether oxygens (including phenoxy) is 1. The molecule has 3 rings (SSSR count). The van der Waals surface area contributed by atoms with Crippen LogP contribution < -0.4 is 16.2 Å². The third-order valence-electron chi connectivity index (χ3n) is 6.27. The summed E-state index contributed by atoms with van der Waals surface area (Å²) in [6.07, 6.45) is -0.101. The van der Waals surface area contributed by atoms with Crippen LogP contribution in [0.25, 0.3) is 11.1 Å². The fourth-order valence-corrected chi connectivity index (χ4v) is 4.26. The highest BCUT2D eigenvalue weighted by atomic mass is 16.5. The van der Waals surface area contributed by atoms with Crippen LogP contribution in [0.5, 0.6) is 5.75 Å². The maximum absolute atomic E-state index is 13.0. The van der Waals surface area contributed by atoms with Gasteiger partial charge in [0.05, 0.1) is 19.1 Å². The van der Waals surface area contributed by atoms with Gasteiger partial charge in [-0.05, 0) is 62.4 Å². The highest BCUT2D eigenvalue weighted by Gasteiger charge is 2.24. The SMILES string of the molecule is CCOC(=O)CC(NC(=O)Nc1c(O)cc(C)n(C)c1=O)c1cc(C)cc(-c2ccccc2C)c1C. The monoisotopic (exact) mass is 491 g/mol. The van der Waals surface area contributed by atoms with Crippen molar-refractivity contribution in [1.82, 2.24) is 9.88 Å². The van der Waals surface area contributed by atoms with E-state index < -0.39 is 23.6 Å². The lowest BCUT2D eigenvalue weighted by molar-refractivity contribution is -0.143. The largest absolute Gasteiger partial charge is 0.505 e. The van der Waals surface area contributed by atoms with E-state index in [1.54, 1.807) is 20.9 Å². The van der Waals surface area contributed by atoms with Crippen molar-refractivity contribution in [1.29, 1.82) is 0 Å². The Hall–Kier alpha value is -4.07. The first-order chi connectivity index (χ1) is 17.0. The summed E-state index contributed by atoms with van der Waals surface area (Å²) in [4.78, 5) is 38.1. The van der Waals surface area contributed by atoms with Crippen LogP contribution in [0, 0.1) is 27.7 Å². The molecule has 3 N–H and O–H groups in total. The summed E-state index contributed by atoms with van der Waals surface area (Å²) in [5.74, 6) is -0.795. The number of esters is 1. The fraction of sp³-hybridized carbons (Fsp3) is 0.321. The number of hydrogen-bond donors (Lipinski definition) is 3. The molecule has 0 aliphatic heterocycles. The number of carbonyl (C=O) groups excluding carboxylic acids is 2. The van der Waals surface area contributed by atoms with Gasteiger partial charge in [-0.15, -0.1) is 0 Å². The minimum Gasteiger partial charge on any atom is -0.505 e. The summed E-state index contributed by atoms with van der Waals surface area (Å²) in [5.41, 5.74) is 5.58. The smallest absolute Gasteiger partial charge is 0.319 e. The van der Waals surface area contributed by atoms with Crippen LogP contribution in [-0.2, 0) is 16.6 Å². The van der Waals surface area contributed by atoms with Crippen LogP contribution in [0.3, 0.4) is 0 Å². The van der Waals surface area contributed by atoms with Crippen LogP contribution in [-0.4, -0.2) is 28.3 Å². The first kappa shape index (κ1) is 26.5. The van der Waals surface area contributed by atoms with Gasteiger partial charge < -0.3 is 25.0 Å². The maximum Gasteiger partial charge on any atom is 0.319 e. The minimum atomic E-state index is -0.733. The van der Waals surface area contributed by atoms with E-state index in [1.807, 2.05) is 51.1 Å². The summed E-state index contributed by atoms with van der Waals surface area (Å²) >= 11 is 0. The number of nitrogens with zero attached hydrogens (tertiary/aromatic N) is 1. The Bertz CT molecular complexity index is 1360. The third-order valence-corrected chi connectivity index (χ3v) is 6.27. The fourth-order valence-electron chi connectivity index (χ4n) is 4.26. The van der Waals surface area contributed by atoms with Crippen molar-refractivity contribution in [3.63, 3.8) is 0 Å². The number of urea groups is 1. The zero-order valence-electron chi connectivity index (χ0n) is 21.6. The number of hydrogen-bond acceptors (Lipinski definition) is 5. The number of carbonyl (C=O) groups is 2. The average molecular weight is 492 g/mol. The standard InChI is InChI=1S/C28H33N3O5/c1-7-36-25(33)15-23(29-28(35)30-26-24(32)14-18(4)31(6)27(26)34)22-13-16(2)12-21(19(22)5)20-11-9-8-10-17(20)3/h8-14,23,32H,7,15H2,1-6H3,(H2,29,30,35). The minimum absolute atomic E-state index is 0.101. The summed E-state index contributed by atoms with van der Waals surface area (Å²) in [6.45, 7) is 9.56. The van der Waals surface area contributed by atoms with Crippen molar-refractivity contribution in [2.24, 2.45) is 7.05 Å². The molecule has 0 bridgehead atoms. The summed E-state index contributed by atoms with van der Waals surface area (Å²) in [7, 11) is 1.55. The highest BCUT2D eigenvalue weighted by Crippen LogP contribution is 2.33. The number of aromatic hydroxyl groups is 1. The molecule has 0 aliphatic carbocycles. The van der Waals surface area contributed by atoms with Gasteiger partial charge >= 0.3 is 12.0 Å². The number of amides is 2. The number of aryl methyl sites for hydroxylation is 3. The number of nitrogens with one attached hydrogen (secondary N) is 2. The molecule has 8 nitrogen and oxygen atoms in total. The van der Waals surface area contributed by atoms with E-state index in [9.17, 15) is 19.5 Å². The molecule has 0 aliphatic rings. The first-order valence-electron chi connectivity index (χ1n) is 11.8. The van der Waals surface area contributed by atoms with Gasteiger partial charge in [-0.25, -0.2) is 4.79 Å². The van der Waals surface area contributed by atoms with Gasteiger partial charge in [0, 0.05) is 18.8 Å². The molecule has 0 radical (unpaired) electrons. The topological polar surface area (TPSA) is 110 Å². The second-order valence-electron chi connectivity index (χ2n) is 8.91. The Kier molecular flexibility index (Phi) is 8.19. The van der Waals surface area contributed by atoms with Crippen LogP contribution >= 0.6 is 0 Å². The molecule has 1 heterocycles. The van der Waals surface area contributed by atoms with Crippen molar-refractivity contribution in [3.05, 3.63) is 80.8 Å². The van der Waals surface area contributed by atoms with E-state index in [0.29, 0.717) is 5.69 Å². The normalized spacial score (nSPS) is 11.6.